The van der Waals surface area contributed by atoms with E-state index in [9.17, 15) is 9.59 Å². The molecule has 1 saturated heterocycles. The molecular formula is C23H25N5O2S. The van der Waals surface area contributed by atoms with Crippen molar-refractivity contribution in [3.8, 4) is 0 Å². The number of likely N-dealkylation sites (tertiary alicyclic amines) is 1. The fourth-order valence-corrected chi connectivity index (χ4v) is 5.50. The minimum Gasteiger partial charge on any atom is -0.342 e. The van der Waals surface area contributed by atoms with Crippen LogP contribution < -0.4 is 5.32 Å². The molecule has 31 heavy (non-hydrogen) atoms. The molecule has 0 saturated carbocycles. The summed E-state index contributed by atoms with van der Waals surface area (Å²) < 4.78 is 1.88. The second-order valence-corrected chi connectivity index (χ2v) is 9.45. The first-order valence-electron chi connectivity index (χ1n) is 10.6. The Balaban J connectivity index is 1.38. The van der Waals surface area contributed by atoms with E-state index in [1.165, 1.54) is 11.3 Å². The molecule has 2 aliphatic rings. The average molecular weight is 436 g/mol. The summed E-state index contributed by atoms with van der Waals surface area (Å²) in [5.41, 5.74) is 1.98. The number of aromatic nitrogens is 3. The largest absolute Gasteiger partial charge is 0.342 e. The van der Waals surface area contributed by atoms with Gasteiger partial charge in [0.25, 0.3) is 5.91 Å². The van der Waals surface area contributed by atoms with Gasteiger partial charge >= 0.3 is 0 Å². The first-order chi connectivity index (χ1) is 15.1. The van der Waals surface area contributed by atoms with Crippen molar-refractivity contribution in [3.63, 3.8) is 0 Å². The van der Waals surface area contributed by atoms with Crippen LogP contribution in [0.15, 0.2) is 48.1 Å². The zero-order valence-electron chi connectivity index (χ0n) is 17.5. The predicted molar refractivity (Wildman–Crippen MR) is 118 cm³/mol. The molecule has 160 valence electrons. The first-order valence-corrected chi connectivity index (χ1v) is 11.5. The molecule has 2 aromatic heterocycles. The highest BCUT2D eigenvalue weighted by atomic mass is 32.1. The Kier molecular flexibility index (Phi) is 5.09. The molecule has 0 radical (unpaired) electrons. The molecule has 0 bridgehead atoms. The van der Waals surface area contributed by atoms with E-state index in [-0.39, 0.29) is 23.3 Å². The molecule has 1 fully saturated rings. The van der Waals surface area contributed by atoms with Crippen molar-refractivity contribution in [2.75, 3.05) is 13.1 Å². The van der Waals surface area contributed by atoms with Gasteiger partial charge < -0.3 is 10.2 Å². The summed E-state index contributed by atoms with van der Waals surface area (Å²) >= 11 is 1.42. The Morgan fingerprint density at radius 1 is 1.19 bits per heavy atom. The van der Waals surface area contributed by atoms with Crippen LogP contribution >= 0.6 is 11.3 Å². The molecular weight excluding hydrogens is 410 g/mol. The number of benzene rings is 1. The third kappa shape index (κ3) is 3.65. The number of hydrogen-bond acceptors (Lipinski definition) is 5. The second-order valence-electron chi connectivity index (χ2n) is 8.51. The highest BCUT2D eigenvalue weighted by Gasteiger charge is 2.50. The maximum atomic E-state index is 13.1. The van der Waals surface area contributed by atoms with Gasteiger partial charge in [0.05, 0.1) is 17.3 Å². The summed E-state index contributed by atoms with van der Waals surface area (Å²) in [5, 5.41) is 9.45. The lowest BCUT2D eigenvalue weighted by atomic mass is 9.74. The minimum atomic E-state index is -0.269. The average Bonchev–Trinajstić information content (AvgIpc) is 3.53. The predicted octanol–water partition coefficient (Wildman–Crippen LogP) is 2.98. The van der Waals surface area contributed by atoms with Gasteiger partial charge in [0.15, 0.2) is 0 Å². The van der Waals surface area contributed by atoms with Gasteiger partial charge in [0.1, 0.15) is 12.2 Å². The van der Waals surface area contributed by atoms with Crippen LogP contribution in [0.1, 0.15) is 45.5 Å². The lowest BCUT2D eigenvalue weighted by Crippen LogP contribution is -2.48. The number of nitrogens with one attached hydrogen (secondary N) is 1. The van der Waals surface area contributed by atoms with Crippen LogP contribution in [0.4, 0.5) is 0 Å². The van der Waals surface area contributed by atoms with Gasteiger partial charge in [-0.15, -0.1) is 11.3 Å². The summed E-state index contributed by atoms with van der Waals surface area (Å²) in [7, 11) is 0. The van der Waals surface area contributed by atoms with Gasteiger partial charge in [-0.2, -0.15) is 5.10 Å². The van der Waals surface area contributed by atoms with Crippen LogP contribution in [-0.2, 0) is 17.8 Å². The van der Waals surface area contributed by atoms with E-state index in [0.717, 1.165) is 36.3 Å². The van der Waals surface area contributed by atoms with Crippen LogP contribution in [0, 0.1) is 12.3 Å². The number of rotatable bonds is 4. The van der Waals surface area contributed by atoms with Gasteiger partial charge in [-0.1, -0.05) is 30.3 Å². The van der Waals surface area contributed by atoms with Gasteiger partial charge in [-0.25, -0.2) is 9.67 Å². The van der Waals surface area contributed by atoms with Gasteiger partial charge in [0, 0.05) is 25.0 Å². The number of amides is 2. The number of aryl methyl sites for hydroxylation is 2. The van der Waals surface area contributed by atoms with Crippen molar-refractivity contribution >= 4 is 23.2 Å². The zero-order valence-corrected chi connectivity index (χ0v) is 18.3. The second kappa shape index (κ2) is 7.92. The van der Waals surface area contributed by atoms with Gasteiger partial charge in [-0.05, 0) is 42.3 Å². The maximum Gasteiger partial charge on any atom is 0.261 e. The fourth-order valence-electron chi connectivity index (χ4n) is 4.87. The molecule has 3 aromatic rings. The van der Waals surface area contributed by atoms with E-state index in [1.54, 1.807) is 6.33 Å². The maximum absolute atomic E-state index is 13.1. The van der Waals surface area contributed by atoms with Crippen molar-refractivity contribution < 1.29 is 9.59 Å². The van der Waals surface area contributed by atoms with Crippen LogP contribution in [0.3, 0.4) is 0 Å². The number of hydrogen-bond donors (Lipinski definition) is 1. The summed E-state index contributed by atoms with van der Waals surface area (Å²) in [6.07, 6.45) is 3.65. The molecule has 7 nitrogen and oxygen atoms in total. The first kappa shape index (κ1) is 19.9. The van der Waals surface area contributed by atoms with Crippen molar-refractivity contribution in [3.05, 3.63) is 69.9 Å². The lowest BCUT2D eigenvalue weighted by Gasteiger charge is -2.40. The van der Waals surface area contributed by atoms with E-state index in [1.807, 2.05) is 58.3 Å². The molecule has 5 rings (SSSR count). The molecule has 8 heteroatoms. The van der Waals surface area contributed by atoms with Crippen molar-refractivity contribution in [1.82, 2.24) is 25.0 Å². The smallest absolute Gasteiger partial charge is 0.261 e. The van der Waals surface area contributed by atoms with Crippen LogP contribution in [0.5, 0.6) is 0 Å². The van der Waals surface area contributed by atoms with E-state index >= 15 is 0 Å². The number of thiophene rings is 1. The fraction of sp³-hybridized carbons (Fsp3) is 0.391. The number of nitrogens with zero attached hydrogens (tertiary/aromatic N) is 4. The summed E-state index contributed by atoms with van der Waals surface area (Å²) in [6, 6.07) is 11.5. The minimum absolute atomic E-state index is 0.0967. The Labute approximate surface area is 185 Å². The quantitative estimate of drug-likeness (QED) is 0.683. The van der Waals surface area contributed by atoms with Crippen LogP contribution in [-0.4, -0.2) is 44.6 Å². The number of fused-ring (bicyclic) bond motifs is 1. The lowest BCUT2D eigenvalue weighted by molar-refractivity contribution is -0.130. The monoisotopic (exact) mass is 435 g/mol. The Morgan fingerprint density at radius 3 is 2.84 bits per heavy atom. The molecule has 0 unspecified atom stereocenters. The standard InChI is InChI=1S/C23H25N5O2S/c1-16-5-2-3-6-17(16)13-19(29)27-10-8-23(14-27)9-11-28-21(24-15-25-28)20(23)26-22(30)18-7-4-12-31-18/h2-7,12,15,20H,8-11,13-14H2,1H3,(H,26,30)/t20-,23+/m1/s1. The molecule has 2 amide bonds. The molecule has 1 N–H and O–H groups in total. The third-order valence-corrected chi connectivity index (χ3v) is 7.57. The number of carbonyl (C=O) groups is 2. The van der Waals surface area contributed by atoms with E-state index in [2.05, 4.69) is 15.4 Å². The zero-order chi connectivity index (χ0) is 21.4. The SMILES string of the molecule is Cc1ccccc1CC(=O)N1CC[C@]2(CCn3ncnc3[C@H]2NC(=O)c2cccs2)C1. The molecule has 0 aliphatic carbocycles. The van der Waals surface area contributed by atoms with Crippen molar-refractivity contribution in [2.45, 2.75) is 38.8 Å². The van der Waals surface area contributed by atoms with Gasteiger partial charge in [-0.3, -0.25) is 9.59 Å². The molecule has 2 atom stereocenters. The van der Waals surface area contributed by atoms with Crippen LogP contribution in [0.25, 0.3) is 0 Å². The summed E-state index contributed by atoms with van der Waals surface area (Å²) in [4.78, 5) is 33.1. The molecule has 1 aromatic carbocycles. The molecule has 2 aliphatic heterocycles. The van der Waals surface area contributed by atoms with Crippen molar-refractivity contribution in [2.24, 2.45) is 5.41 Å². The third-order valence-electron chi connectivity index (χ3n) is 6.70. The van der Waals surface area contributed by atoms with E-state index < -0.39 is 0 Å². The van der Waals surface area contributed by atoms with Gasteiger partial charge in [0.2, 0.25) is 5.91 Å². The highest BCUT2D eigenvalue weighted by molar-refractivity contribution is 7.12. The van der Waals surface area contributed by atoms with E-state index in [4.69, 9.17) is 0 Å². The Morgan fingerprint density at radius 2 is 2.03 bits per heavy atom. The van der Waals surface area contributed by atoms with Crippen molar-refractivity contribution in [1.29, 1.82) is 0 Å². The Bertz CT molecular complexity index is 1110. The highest BCUT2D eigenvalue weighted by Crippen LogP contribution is 2.47. The molecule has 1 spiro atoms. The van der Waals surface area contributed by atoms with Crippen LogP contribution in [0.2, 0.25) is 0 Å². The molecule has 4 heterocycles. The Hall–Kier alpha value is -3.00. The topological polar surface area (TPSA) is 80.1 Å². The number of carbonyl (C=O) groups excluding carboxylic acids is 2. The van der Waals surface area contributed by atoms with E-state index in [0.29, 0.717) is 24.4 Å². The summed E-state index contributed by atoms with van der Waals surface area (Å²) in [6.45, 7) is 4.11. The normalized spacial score (nSPS) is 22.5. The summed E-state index contributed by atoms with van der Waals surface area (Å²) in [5.74, 6) is 0.825.